The third kappa shape index (κ3) is 3.38. The van der Waals surface area contributed by atoms with Gasteiger partial charge in [0.1, 0.15) is 0 Å². The first kappa shape index (κ1) is 17.0. The third-order valence-electron chi connectivity index (χ3n) is 5.70. The van der Waals surface area contributed by atoms with E-state index >= 15 is 0 Å². The summed E-state index contributed by atoms with van der Waals surface area (Å²) in [5, 5.41) is 3.37. The molecule has 0 radical (unpaired) electrons. The molecule has 1 saturated carbocycles. The number of carbonyl (C=O) groups is 1. The van der Waals surface area contributed by atoms with Gasteiger partial charge in [0, 0.05) is 20.2 Å². The van der Waals surface area contributed by atoms with Crippen molar-refractivity contribution in [3.63, 3.8) is 0 Å². The lowest BCUT2D eigenvalue weighted by Crippen LogP contribution is -2.51. The van der Waals surface area contributed by atoms with Gasteiger partial charge in [0.05, 0.1) is 12.0 Å². The lowest BCUT2D eigenvalue weighted by molar-refractivity contribution is -0.146. The Morgan fingerprint density at radius 2 is 1.76 bits per heavy atom. The first-order chi connectivity index (χ1) is 9.75. The zero-order valence-electron chi connectivity index (χ0n) is 13.1. The highest BCUT2D eigenvalue weighted by molar-refractivity contribution is 5.85. The molecule has 2 unspecified atom stereocenters. The van der Waals surface area contributed by atoms with Crippen LogP contribution in [0.25, 0.3) is 0 Å². The summed E-state index contributed by atoms with van der Waals surface area (Å²) in [5.41, 5.74) is -0.256. The van der Waals surface area contributed by atoms with E-state index in [4.69, 9.17) is 4.74 Å². The molecule has 2 saturated heterocycles. The largest absolute Gasteiger partial charge is 0.384 e. The molecule has 1 aliphatic carbocycles. The highest BCUT2D eigenvalue weighted by Gasteiger charge is 2.46. The smallest absolute Gasteiger partial charge is 0.231 e. The quantitative estimate of drug-likeness (QED) is 0.866. The van der Waals surface area contributed by atoms with Gasteiger partial charge < -0.3 is 15.0 Å². The van der Waals surface area contributed by atoms with Gasteiger partial charge in [-0.15, -0.1) is 12.4 Å². The number of ether oxygens (including phenoxy) is 1. The molecule has 5 heteroatoms. The summed E-state index contributed by atoms with van der Waals surface area (Å²) in [7, 11) is 1.72. The average molecular weight is 317 g/mol. The third-order valence-corrected chi connectivity index (χ3v) is 5.70. The van der Waals surface area contributed by atoms with Crippen LogP contribution >= 0.6 is 12.4 Å². The fourth-order valence-corrected chi connectivity index (χ4v) is 4.51. The van der Waals surface area contributed by atoms with Gasteiger partial charge in [-0.1, -0.05) is 12.8 Å². The van der Waals surface area contributed by atoms with Crippen LogP contribution in [0.2, 0.25) is 0 Å². The minimum atomic E-state index is -0.256. The fraction of sp³-hybridized carbons (Fsp3) is 0.938. The Hall–Kier alpha value is -0.320. The molecule has 4 nitrogen and oxygen atoms in total. The number of piperidine rings is 1. The summed E-state index contributed by atoms with van der Waals surface area (Å²) in [6.07, 6.45) is 7.21. The van der Waals surface area contributed by atoms with Crippen LogP contribution in [0.1, 0.15) is 38.5 Å². The number of amides is 1. The van der Waals surface area contributed by atoms with E-state index in [9.17, 15) is 4.79 Å². The second-order valence-electron chi connectivity index (χ2n) is 6.98. The molecular weight excluding hydrogens is 288 g/mol. The fourth-order valence-electron chi connectivity index (χ4n) is 4.51. The van der Waals surface area contributed by atoms with Gasteiger partial charge in [-0.2, -0.15) is 0 Å². The Morgan fingerprint density at radius 3 is 2.29 bits per heavy atom. The minimum absolute atomic E-state index is 0. The lowest BCUT2D eigenvalue weighted by atomic mass is 9.78. The van der Waals surface area contributed by atoms with Crippen molar-refractivity contribution in [3.8, 4) is 0 Å². The maximum Gasteiger partial charge on any atom is 0.231 e. The molecule has 2 heterocycles. The minimum Gasteiger partial charge on any atom is -0.384 e. The van der Waals surface area contributed by atoms with Crippen molar-refractivity contribution in [2.75, 3.05) is 39.9 Å². The number of rotatable bonds is 3. The number of halogens is 1. The highest BCUT2D eigenvalue weighted by Crippen LogP contribution is 2.39. The van der Waals surface area contributed by atoms with E-state index in [-0.39, 0.29) is 17.8 Å². The number of fused-ring (bicyclic) bond motifs is 1. The Morgan fingerprint density at radius 1 is 1.19 bits per heavy atom. The van der Waals surface area contributed by atoms with Crippen molar-refractivity contribution in [1.29, 1.82) is 0 Å². The molecule has 3 rings (SSSR count). The zero-order chi connectivity index (χ0) is 14.0. The zero-order valence-corrected chi connectivity index (χ0v) is 13.9. The van der Waals surface area contributed by atoms with Gasteiger partial charge in [0.25, 0.3) is 0 Å². The number of nitrogens with one attached hydrogen (secondary N) is 1. The van der Waals surface area contributed by atoms with Crippen molar-refractivity contribution in [2.24, 2.45) is 17.3 Å². The van der Waals surface area contributed by atoms with Crippen LogP contribution in [0.15, 0.2) is 0 Å². The molecule has 1 amide bonds. The van der Waals surface area contributed by atoms with E-state index in [1.807, 2.05) is 0 Å². The second-order valence-corrected chi connectivity index (χ2v) is 6.98. The van der Waals surface area contributed by atoms with Gasteiger partial charge in [-0.05, 0) is 50.6 Å². The normalized spacial score (nSPS) is 31.4. The molecule has 2 atom stereocenters. The Bertz CT molecular complexity index is 339. The number of methoxy groups -OCH3 is 1. The maximum absolute atomic E-state index is 13.1. The van der Waals surface area contributed by atoms with Crippen LogP contribution in [0.4, 0.5) is 0 Å². The molecule has 1 N–H and O–H groups in total. The summed E-state index contributed by atoms with van der Waals surface area (Å²) < 4.78 is 5.41. The first-order valence-electron chi connectivity index (χ1n) is 8.24. The van der Waals surface area contributed by atoms with E-state index in [1.54, 1.807) is 7.11 Å². The summed E-state index contributed by atoms with van der Waals surface area (Å²) in [4.78, 5) is 15.2. The summed E-state index contributed by atoms with van der Waals surface area (Å²) in [5.74, 6) is 1.92. The molecule has 0 aromatic carbocycles. The van der Waals surface area contributed by atoms with Crippen LogP contribution in [0.3, 0.4) is 0 Å². The second kappa shape index (κ2) is 7.30. The summed E-state index contributed by atoms with van der Waals surface area (Å²) in [6.45, 7) is 4.47. The monoisotopic (exact) mass is 316 g/mol. The number of nitrogens with zero attached hydrogens (tertiary/aromatic N) is 1. The molecule has 3 aliphatic rings. The Labute approximate surface area is 134 Å². The van der Waals surface area contributed by atoms with Crippen LogP contribution < -0.4 is 5.32 Å². The van der Waals surface area contributed by atoms with Crippen molar-refractivity contribution < 1.29 is 9.53 Å². The number of carbonyl (C=O) groups excluding carboxylic acids is 1. The molecule has 0 spiro atoms. The highest BCUT2D eigenvalue weighted by atomic mass is 35.5. The SMILES string of the molecule is COCC1(C(=O)N2CC3CCCCC3C2)CCNCC1.Cl. The average Bonchev–Trinajstić information content (AvgIpc) is 2.91. The van der Waals surface area contributed by atoms with Crippen molar-refractivity contribution in [1.82, 2.24) is 10.2 Å². The topological polar surface area (TPSA) is 41.6 Å². The maximum atomic E-state index is 13.1. The Kier molecular flexibility index (Phi) is 5.92. The molecule has 122 valence electrons. The Balaban J connectivity index is 0.00000161. The van der Waals surface area contributed by atoms with Crippen molar-refractivity contribution in [3.05, 3.63) is 0 Å². The van der Waals surface area contributed by atoms with Gasteiger partial charge in [0.15, 0.2) is 0 Å². The van der Waals surface area contributed by atoms with E-state index in [0.717, 1.165) is 50.9 Å². The van der Waals surface area contributed by atoms with Crippen molar-refractivity contribution >= 4 is 18.3 Å². The van der Waals surface area contributed by atoms with Gasteiger partial charge in [-0.25, -0.2) is 0 Å². The molecule has 3 fully saturated rings. The molecule has 0 aromatic heterocycles. The predicted octanol–water partition coefficient (Wildman–Crippen LogP) is 2.07. The summed E-state index contributed by atoms with van der Waals surface area (Å²) in [6, 6.07) is 0. The molecule has 21 heavy (non-hydrogen) atoms. The van der Waals surface area contributed by atoms with Gasteiger partial charge >= 0.3 is 0 Å². The van der Waals surface area contributed by atoms with Crippen LogP contribution in [0.5, 0.6) is 0 Å². The van der Waals surface area contributed by atoms with E-state index in [1.165, 1.54) is 25.7 Å². The molecule has 0 aromatic rings. The van der Waals surface area contributed by atoms with Crippen LogP contribution in [-0.4, -0.2) is 50.7 Å². The van der Waals surface area contributed by atoms with E-state index in [2.05, 4.69) is 10.2 Å². The first-order valence-corrected chi connectivity index (χ1v) is 8.24. The predicted molar refractivity (Wildman–Crippen MR) is 85.7 cm³/mol. The van der Waals surface area contributed by atoms with Gasteiger partial charge in [-0.3, -0.25) is 4.79 Å². The standard InChI is InChI=1S/C16H28N2O2.ClH/c1-20-12-16(6-8-17-9-7-16)15(19)18-10-13-4-2-3-5-14(13)11-18;/h13-14,17H,2-12H2,1H3;1H. The lowest BCUT2D eigenvalue weighted by Gasteiger charge is -2.38. The van der Waals surface area contributed by atoms with Crippen LogP contribution in [0, 0.1) is 17.3 Å². The molecule has 2 aliphatic heterocycles. The molecule has 0 bridgehead atoms. The summed E-state index contributed by atoms with van der Waals surface area (Å²) >= 11 is 0. The van der Waals surface area contributed by atoms with E-state index < -0.39 is 0 Å². The van der Waals surface area contributed by atoms with E-state index in [0.29, 0.717) is 12.5 Å². The van der Waals surface area contributed by atoms with Gasteiger partial charge in [0.2, 0.25) is 5.91 Å². The number of hydrogen-bond acceptors (Lipinski definition) is 3. The number of likely N-dealkylation sites (tertiary alicyclic amines) is 1. The molecular formula is C16H29ClN2O2. The van der Waals surface area contributed by atoms with Crippen LogP contribution in [-0.2, 0) is 9.53 Å². The number of hydrogen-bond donors (Lipinski definition) is 1. The van der Waals surface area contributed by atoms with Crippen molar-refractivity contribution in [2.45, 2.75) is 38.5 Å².